The predicted octanol–water partition coefficient (Wildman–Crippen LogP) is 2.69. The molecule has 10 nitrogen and oxygen atoms in total. The molecule has 3 aromatic heterocycles. The van der Waals surface area contributed by atoms with Crippen molar-refractivity contribution in [1.82, 2.24) is 24.8 Å². The second-order valence-corrected chi connectivity index (χ2v) is 10.8. The van der Waals surface area contributed by atoms with Crippen molar-refractivity contribution >= 4 is 33.1 Å². The minimum atomic E-state index is -3.70. The predicted molar refractivity (Wildman–Crippen MR) is 123 cm³/mol. The van der Waals surface area contributed by atoms with Gasteiger partial charge in [0.25, 0.3) is 0 Å². The van der Waals surface area contributed by atoms with Crippen molar-refractivity contribution in [2.75, 3.05) is 43.2 Å². The number of halogens is 1. The first-order chi connectivity index (χ1) is 16.2. The molecule has 178 valence electrons. The molecule has 5 rings (SSSR count). The third-order valence-corrected chi connectivity index (χ3v) is 7.21. The Morgan fingerprint density at radius 3 is 2.38 bits per heavy atom. The van der Waals surface area contributed by atoms with Crippen molar-refractivity contribution < 1.29 is 17.5 Å². The number of anilines is 4. The Labute approximate surface area is 196 Å². The summed E-state index contributed by atoms with van der Waals surface area (Å²) in [4.78, 5) is 18.8. The van der Waals surface area contributed by atoms with Crippen LogP contribution in [0.25, 0.3) is 0 Å². The van der Waals surface area contributed by atoms with Gasteiger partial charge in [-0.05, 0) is 24.6 Å². The van der Waals surface area contributed by atoms with Gasteiger partial charge in [-0.3, -0.25) is 4.90 Å². The normalized spacial score (nSPS) is 18.1. The number of likely N-dealkylation sites (tertiary alicyclic amines) is 1. The van der Waals surface area contributed by atoms with Crippen LogP contribution in [0.4, 0.5) is 27.7 Å². The Kier molecular flexibility index (Phi) is 5.66. The number of nitrogens with one attached hydrogen (secondary N) is 2. The Hall–Kier alpha value is -3.22. The molecule has 34 heavy (non-hydrogen) atoms. The highest BCUT2D eigenvalue weighted by atomic mass is 32.2. The molecule has 0 amide bonds. The first-order valence-electron chi connectivity index (χ1n) is 10.7. The molecule has 0 unspecified atom stereocenters. The number of ether oxygens (including phenoxy) is 1. The molecular weight excluding hydrogens is 461 g/mol. The zero-order chi connectivity index (χ0) is 23.9. The van der Waals surface area contributed by atoms with Gasteiger partial charge in [-0.1, -0.05) is 6.07 Å². The maximum Gasteiger partial charge on any atom is 0.179 e. The van der Waals surface area contributed by atoms with Crippen molar-refractivity contribution in [3.05, 3.63) is 54.4 Å². The Morgan fingerprint density at radius 1 is 1.03 bits per heavy atom. The van der Waals surface area contributed by atoms with Crippen molar-refractivity contribution in [3.63, 3.8) is 0 Å². The summed E-state index contributed by atoms with van der Waals surface area (Å²) in [5.74, 6) is 0.573. The lowest BCUT2D eigenvalue weighted by Gasteiger charge is -2.57. The summed E-state index contributed by atoms with van der Waals surface area (Å²) in [6.07, 6.45) is 5.08. The van der Waals surface area contributed by atoms with Crippen LogP contribution in [0.5, 0.6) is 0 Å². The molecule has 0 aliphatic carbocycles. The van der Waals surface area contributed by atoms with E-state index in [-0.39, 0.29) is 16.8 Å². The molecule has 0 aromatic carbocycles. The number of nitrogens with zero attached hydrogens (tertiary/aromatic N) is 5. The third kappa shape index (κ3) is 4.56. The van der Waals surface area contributed by atoms with Crippen LogP contribution in [0, 0.1) is 11.2 Å². The van der Waals surface area contributed by atoms with Crippen LogP contribution < -0.4 is 10.6 Å². The van der Waals surface area contributed by atoms with Gasteiger partial charge in [0.15, 0.2) is 15.7 Å². The first kappa shape index (κ1) is 22.6. The van der Waals surface area contributed by atoms with Gasteiger partial charge in [0.1, 0.15) is 34.5 Å². The van der Waals surface area contributed by atoms with Gasteiger partial charge in [-0.25, -0.2) is 32.7 Å². The summed E-state index contributed by atoms with van der Waals surface area (Å²) in [7, 11) is -3.70. The van der Waals surface area contributed by atoms with Crippen LogP contribution in [0.2, 0.25) is 0 Å². The van der Waals surface area contributed by atoms with Crippen molar-refractivity contribution in [1.29, 1.82) is 0 Å². The Morgan fingerprint density at radius 2 is 1.76 bits per heavy atom. The monoisotopic (exact) mass is 485 g/mol. The molecule has 0 bridgehead atoms. The summed E-state index contributed by atoms with van der Waals surface area (Å²) >= 11 is 0. The average Bonchev–Trinajstić information content (AvgIpc) is 2.73. The lowest BCUT2D eigenvalue weighted by Crippen LogP contribution is -2.66. The highest BCUT2D eigenvalue weighted by Gasteiger charge is 2.50. The second-order valence-electron chi connectivity index (χ2n) is 8.86. The van der Waals surface area contributed by atoms with E-state index in [1.165, 1.54) is 6.33 Å². The summed E-state index contributed by atoms with van der Waals surface area (Å²) < 4.78 is 42.8. The number of sulfone groups is 1. The van der Waals surface area contributed by atoms with Gasteiger partial charge in [0, 0.05) is 43.1 Å². The maximum atomic E-state index is 13.5. The van der Waals surface area contributed by atoms with Gasteiger partial charge in [-0.2, -0.15) is 0 Å². The minimum absolute atomic E-state index is 0.0220. The summed E-state index contributed by atoms with van der Waals surface area (Å²) in [5, 5.41) is 5.92. The van der Waals surface area contributed by atoms with Crippen LogP contribution >= 0.6 is 0 Å². The molecule has 1 spiro atoms. The quantitative estimate of drug-likeness (QED) is 0.516. The van der Waals surface area contributed by atoms with E-state index in [1.54, 1.807) is 6.07 Å². The number of aromatic nitrogens is 4. The van der Waals surface area contributed by atoms with Crippen LogP contribution in [-0.2, 0) is 14.6 Å². The summed E-state index contributed by atoms with van der Waals surface area (Å²) in [6, 6.07) is 6.68. The fourth-order valence-corrected chi connectivity index (χ4v) is 4.93. The lowest BCUT2D eigenvalue weighted by molar-refractivity contribution is -0.197. The van der Waals surface area contributed by atoms with Gasteiger partial charge < -0.3 is 15.4 Å². The molecule has 2 aliphatic heterocycles. The molecule has 1 atom stereocenters. The van der Waals surface area contributed by atoms with Gasteiger partial charge >= 0.3 is 0 Å². The van der Waals surface area contributed by atoms with E-state index in [9.17, 15) is 12.8 Å². The summed E-state index contributed by atoms with van der Waals surface area (Å²) in [6.45, 7) is 6.00. The number of hydrogen-bond acceptors (Lipinski definition) is 10. The van der Waals surface area contributed by atoms with Gasteiger partial charge in [-0.15, -0.1) is 0 Å². The molecule has 2 fully saturated rings. The molecule has 2 saturated heterocycles. The third-order valence-electron chi connectivity index (χ3n) is 6.10. The number of pyridine rings is 2. The molecular formula is C22H24FN7O3S. The first-order valence-corrected chi connectivity index (χ1v) is 12.6. The standard InChI is InChI=1S/C22H24FN7O3S/c1-14(30-9-22(10-30)11-33-12-22)15-3-4-18(24-7-15)28-19-6-20(27-13-26-19)29-21-17(34(2,31)32)5-16(23)8-25-21/h3-8,13-14H,9-12H2,1-2H3,(H2,24,25,26,27,28,29)/t14-/m0/s1. The van der Waals surface area contributed by atoms with Gasteiger partial charge in [0.05, 0.1) is 19.4 Å². The molecule has 12 heteroatoms. The maximum absolute atomic E-state index is 13.5. The van der Waals surface area contributed by atoms with Crippen LogP contribution in [0.15, 0.2) is 47.9 Å². The molecule has 3 aromatic rings. The summed E-state index contributed by atoms with van der Waals surface area (Å²) in [5.41, 5.74) is 1.49. The highest BCUT2D eigenvalue weighted by molar-refractivity contribution is 7.90. The second kappa shape index (κ2) is 8.53. The van der Waals surface area contributed by atoms with Crippen molar-refractivity contribution in [2.24, 2.45) is 5.41 Å². The minimum Gasteiger partial charge on any atom is -0.380 e. The SMILES string of the molecule is C[C@@H](c1ccc(Nc2cc(Nc3ncc(F)cc3S(C)(=O)=O)ncn2)nc1)N1CC2(COC2)C1. The molecule has 0 saturated carbocycles. The largest absolute Gasteiger partial charge is 0.380 e. The lowest BCUT2D eigenvalue weighted by atomic mass is 9.77. The van der Waals surface area contributed by atoms with Crippen molar-refractivity contribution in [2.45, 2.75) is 17.9 Å². The van der Waals surface area contributed by atoms with E-state index in [1.807, 2.05) is 18.3 Å². The van der Waals surface area contributed by atoms with Crippen LogP contribution in [-0.4, -0.2) is 65.8 Å². The fraction of sp³-hybridized carbons (Fsp3) is 0.364. The van der Waals surface area contributed by atoms with E-state index >= 15 is 0 Å². The van der Waals surface area contributed by atoms with Crippen LogP contribution in [0.3, 0.4) is 0 Å². The average molecular weight is 486 g/mol. The topological polar surface area (TPSA) is 122 Å². The van der Waals surface area contributed by atoms with Crippen LogP contribution in [0.1, 0.15) is 18.5 Å². The van der Waals surface area contributed by atoms with E-state index in [2.05, 4.69) is 42.4 Å². The molecule has 0 radical (unpaired) electrons. The van der Waals surface area contributed by atoms with E-state index < -0.39 is 15.7 Å². The Bertz CT molecular complexity index is 1310. The van der Waals surface area contributed by atoms with E-state index in [0.717, 1.165) is 50.4 Å². The molecule has 5 heterocycles. The van der Waals surface area contributed by atoms with E-state index in [4.69, 9.17) is 4.74 Å². The molecule has 2 aliphatic rings. The van der Waals surface area contributed by atoms with E-state index in [0.29, 0.717) is 22.9 Å². The fourth-order valence-electron chi connectivity index (χ4n) is 4.14. The van der Waals surface area contributed by atoms with Crippen molar-refractivity contribution in [3.8, 4) is 0 Å². The molecule has 2 N–H and O–H groups in total. The Balaban J connectivity index is 1.26. The smallest absolute Gasteiger partial charge is 0.179 e. The number of hydrogen-bond donors (Lipinski definition) is 2. The zero-order valence-electron chi connectivity index (χ0n) is 18.7. The highest BCUT2D eigenvalue weighted by Crippen LogP contribution is 2.41. The zero-order valence-corrected chi connectivity index (χ0v) is 19.5. The number of rotatable bonds is 7. The van der Waals surface area contributed by atoms with Gasteiger partial charge in [0.2, 0.25) is 0 Å².